The molecule has 1 N–H and O–H groups in total. The number of benzene rings is 1. The molecule has 6 heteroatoms. The molecule has 1 amide bonds. The quantitative estimate of drug-likeness (QED) is 0.832. The number of nitrogens with one attached hydrogen (secondary N) is 1. The molecular formula is C15H20N2O3S. The first-order valence-corrected chi connectivity index (χ1v) is 8.54. The summed E-state index contributed by atoms with van der Waals surface area (Å²) in [5.41, 5.74) is 2.41. The van der Waals surface area contributed by atoms with Crippen LogP contribution in [-0.2, 0) is 14.6 Å². The van der Waals surface area contributed by atoms with E-state index < -0.39 is 9.84 Å². The van der Waals surface area contributed by atoms with Crippen LogP contribution >= 0.6 is 0 Å². The van der Waals surface area contributed by atoms with Crippen LogP contribution in [0.2, 0.25) is 0 Å². The zero-order valence-electron chi connectivity index (χ0n) is 12.1. The Balaban J connectivity index is 2.09. The van der Waals surface area contributed by atoms with Gasteiger partial charge in [-0.05, 0) is 37.6 Å². The zero-order valence-corrected chi connectivity index (χ0v) is 12.9. The molecule has 1 saturated heterocycles. The number of likely N-dealkylation sites (tertiary alicyclic amines) is 1. The maximum atomic E-state index is 11.9. The maximum Gasteiger partial charge on any atom is 0.207 e. The number of rotatable bonds is 5. The summed E-state index contributed by atoms with van der Waals surface area (Å²) in [5, 5.41) is 2.19. The number of nitrogens with zero attached hydrogens (tertiary/aromatic N) is 1. The van der Waals surface area contributed by atoms with Crippen LogP contribution in [-0.4, -0.2) is 45.7 Å². The van der Waals surface area contributed by atoms with E-state index in [1.165, 1.54) is 5.57 Å². The first kappa shape index (κ1) is 15.7. The molecule has 0 aliphatic carbocycles. The molecule has 0 saturated carbocycles. The Morgan fingerprint density at radius 2 is 1.81 bits per heavy atom. The van der Waals surface area contributed by atoms with Crippen LogP contribution in [0.4, 0.5) is 0 Å². The van der Waals surface area contributed by atoms with Gasteiger partial charge < -0.3 is 10.2 Å². The van der Waals surface area contributed by atoms with Gasteiger partial charge in [0.05, 0.1) is 4.90 Å². The summed E-state index contributed by atoms with van der Waals surface area (Å²) < 4.78 is 23.8. The molecule has 1 aliphatic heterocycles. The number of hydrogen-bond acceptors (Lipinski definition) is 4. The van der Waals surface area contributed by atoms with E-state index in [0.717, 1.165) is 31.5 Å². The van der Waals surface area contributed by atoms with Gasteiger partial charge in [0.1, 0.15) is 5.88 Å². The average Bonchev–Trinajstić information content (AvgIpc) is 2.48. The highest BCUT2D eigenvalue weighted by atomic mass is 32.2. The lowest BCUT2D eigenvalue weighted by atomic mass is 10.0. The summed E-state index contributed by atoms with van der Waals surface area (Å²) >= 11 is 0. The summed E-state index contributed by atoms with van der Waals surface area (Å²) in [6.07, 6.45) is 4.63. The van der Waals surface area contributed by atoms with Crippen LogP contribution in [0.3, 0.4) is 0 Å². The second kappa shape index (κ2) is 6.87. The summed E-state index contributed by atoms with van der Waals surface area (Å²) in [6.45, 7) is 2.13. The molecular weight excluding hydrogens is 288 g/mol. The minimum atomic E-state index is -3.45. The van der Waals surface area contributed by atoms with E-state index >= 15 is 0 Å². The van der Waals surface area contributed by atoms with E-state index in [2.05, 4.69) is 23.3 Å². The van der Waals surface area contributed by atoms with Crippen LogP contribution in [0.15, 0.2) is 34.7 Å². The second-order valence-electron chi connectivity index (χ2n) is 5.26. The SMILES string of the molecule is CN1CCC(=Cc2ccc(S(=O)(=O)CNC=O)cc2)CC1. The van der Waals surface area contributed by atoms with Crippen molar-refractivity contribution in [1.82, 2.24) is 10.2 Å². The van der Waals surface area contributed by atoms with Crippen molar-refractivity contribution in [1.29, 1.82) is 0 Å². The lowest BCUT2D eigenvalue weighted by molar-refractivity contribution is -0.109. The van der Waals surface area contributed by atoms with E-state index in [1.54, 1.807) is 24.3 Å². The first-order valence-electron chi connectivity index (χ1n) is 6.89. The minimum Gasteiger partial charge on any atom is -0.344 e. The number of hydrogen-bond donors (Lipinski definition) is 1. The van der Waals surface area contributed by atoms with Crippen LogP contribution in [0.25, 0.3) is 6.08 Å². The molecule has 0 bridgehead atoms. The fourth-order valence-corrected chi connectivity index (χ4v) is 3.29. The molecule has 1 fully saturated rings. The molecule has 0 spiro atoms. The van der Waals surface area contributed by atoms with Gasteiger partial charge in [-0.15, -0.1) is 0 Å². The molecule has 0 radical (unpaired) electrons. The first-order chi connectivity index (χ1) is 10.0. The van der Waals surface area contributed by atoms with Gasteiger partial charge in [0.15, 0.2) is 9.84 Å². The fraction of sp³-hybridized carbons (Fsp3) is 0.400. The fourth-order valence-electron chi connectivity index (χ4n) is 2.28. The Labute approximate surface area is 125 Å². The molecule has 0 atom stereocenters. The molecule has 1 aromatic carbocycles. The van der Waals surface area contributed by atoms with Crippen molar-refractivity contribution in [2.24, 2.45) is 0 Å². The Morgan fingerprint density at radius 3 is 2.38 bits per heavy atom. The largest absolute Gasteiger partial charge is 0.344 e. The van der Waals surface area contributed by atoms with Crippen LogP contribution in [0.1, 0.15) is 18.4 Å². The second-order valence-corrected chi connectivity index (χ2v) is 7.25. The van der Waals surface area contributed by atoms with Crippen LogP contribution in [0, 0.1) is 0 Å². The molecule has 5 nitrogen and oxygen atoms in total. The van der Waals surface area contributed by atoms with Gasteiger partial charge in [0, 0.05) is 13.1 Å². The summed E-state index contributed by atoms with van der Waals surface area (Å²) in [6, 6.07) is 6.78. The highest BCUT2D eigenvalue weighted by Gasteiger charge is 2.13. The normalized spacial score (nSPS) is 16.5. The minimum absolute atomic E-state index is 0.224. The third-order valence-corrected chi connectivity index (χ3v) is 5.13. The van der Waals surface area contributed by atoms with E-state index in [4.69, 9.17) is 0 Å². The van der Waals surface area contributed by atoms with Crippen molar-refractivity contribution < 1.29 is 13.2 Å². The van der Waals surface area contributed by atoms with Gasteiger partial charge in [-0.2, -0.15) is 0 Å². The summed E-state index contributed by atoms with van der Waals surface area (Å²) in [7, 11) is -1.33. The average molecular weight is 308 g/mol. The highest BCUT2D eigenvalue weighted by Crippen LogP contribution is 2.19. The Bertz CT molecular complexity index is 611. The molecule has 0 aromatic heterocycles. The van der Waals surface area contributed by atoms with E-state index in [-0.39, 0.29) is 10.8 Å². The number of sulfone groups is 1. The van der Waals surface area contributed by atoms with Gasteiger partial charge in [-0.3, -0.25) is 4.79 Å². The standard InChI is InChI=1S/C15H20N2O3S/c1-17-8-6-14(7-9-17)10-13-2-4-15(5-3-13)21(19,20)12-16-11-18/h2-5,10-11H,6-9,12H2,1H3,(H,16,18). The van der Waals surface area contributed by atoms with Crippen molar-refractivity contribution in [2.45, 2.75) is 17.7 Å². The van der Waals surface area contributed by atoms with E-state index in [9.17, 15) is 13.2 Å². The van der Waals surface area contributed by atoms with Crippen LogP contribution in [0.5, 0.6) is 0 Å². The third-order valence-electron chi connectivity index (χ3n) is 3.60. The van der Waals surface area contributed by atoms with Gasteiger partial charge in [0.25, 0.3) is 0 Å². The van der Waals surface area contributed by atoms with Gasteiger partial charge in [0.2, 0.25) is 6.41 Å². The van der Waals surface area contributed by atoms with Crippen molar-refractivity contribution >= 4 is 22.3 Å². The van der Waals surface area contributed by atoms with Crippen molar-refractivity contribution in [3.63, 3.8) is 0 Å². The van der Waals surface area contributed by atoms with Crippen molar-refractivity contribution in [2.75, 3.05) is 26.0 Å². The molecule has 2 rings (SSSR count). The number of carbonyl (C=O) groups excluding carboxylic acids is 1. The molecule has 1 aromatic rings. The summed E-state index contributed by atoms with van der Waals surface area (Å²) in [5.74, 6) is -0.372. The van der Waals surface area contributed by atoms with Gasteiger partial charge >= 0.3 is 0 Å². The highest BCUT2D eigenvalue weighted by molar-refractivity contribution is 7.91. The lowest BCUT2D eigenvalue weighted by Crippen LogP contribution is -2.26. The molecule has 1 aliphatic rings. The van der Waals surface area contributed by atoms with Gasteiger partial charge in [-0.25, -0.2) is 8.42 Å². The predicted molar refractivity (Wildman–Crippen MR) is 82.4 cm³/mol. The maximum absolute atomic E-state index is 11.9. The molecule has 1 heterocycles. The number of amides is 1. The van der Waals surface area contributed by atoms with E-state index in [0.29, 0.717) is 6.41 Å². The van der Waals surface area contributed by atoms with Crippen molar-refractivity contribution in [3.05, 3.63) is 35.4 Å². The molecule has 114 valence electrons. The Kier molecular flexibility index (Phi) is 5.14. The lowest BCUT2D eigenvalue weighted by Gasteiger charge is -2.24. The predicted octanol–water partition coefficient (Wildman–Crippen LogP) is 1.27. The molecule has 21 heavy (non-hydrogen) atoms. The zero-order chi connectivity index (χ0) is 15.3. The van der Waals surface area contributed by atoms with Crippen molar-refractivity contribution in [3.8, 4) is 0 Å². The van der Waals surface area contributed by atoms with Gasteiger partial charge in [-0.1, -0.05) is 23.8 Å². The smallest absolute Gasteiger partial charge is 0.207 e. The monoisotopic (exact) mass is 308 g/mol. The van der Waals surface area contributed by atoms with Crippen LogP contribution < -0.4 is 5.32 Å². The Hall–Kier alpha value is -1.66. The number of piperidine rings is 1. The Morgan fingerprint density at radius 1 is 1.19 bits per heavy atom. The third kappa shape index (κ3) is 4.41. The van der Waals surface area contributed by atoms with E-state index in [1.807, 2.05) is 0 Å². The summed E-state index contributed by atoms with van der Waals surface area (Å²) in [4.78, 5) is 12.7. The number of carbonyl (C=O) groups is 1. The molecule has 0 unspecified atom stereocenters. The topological polar surface area (TPSA) is 66.5 Å².